The van der Waals surface area contributed by atoms with Gasteiger partial charge in [-0.05, 0) is 53.9 Å². The Labute approximate surface area is 211 Å². The molecule has 0 amide bonds. The second-order valence-electron chi connectivity index (χ2n) is 9.44. The van der Waals surface area contributed by atoms with Crippen molar-refractivity contribution in [2.24, 2.45) is 0 Å². The minimum absolute atomic E-state index is 0.232. The first-order valence-electron chi connectivity index (χ1n) is 13.7. The standard InChI is InChI=1S/C31H42FNO2/c1-3-5-7-9-11-13-21-34-28-18-17-25-23-27(16-15-26(25)24-28)29-19-20-30(31(32)33-29)35-22-14-12-10-8-6-4-2/h15-20,23-24H,3-14,21-22H2,1-2H3. The summed E-state index contributed by atoms with van der Waals surface area (Å²) in [5.74, 6) is 0.581. The number of benzene rings is 2. The zero-order valence-corrected chi connectivity index (χ0v) is 21.7. The van der Waals surface area contributed by atoms with Crippen molar-refractivity contribution >= 4 is 10.8 Å². The van der Waals surface area contributed by atoms with Crippen molar-refractivity contribution in [3.8, 4) is 22.8 Å². The molecule has 0 N–H and O–H groups in total. The average Bonchev–Trinajstić information content (AvgIpc) is 2.88. The van der Waals surface area contributed by atoms with E-state index < -0.39 is 5.95 Å². The van der Waals surface area contributed by atoms with Crippen LogP contribution >= 0.6 is 0 Å². The van der Waals surface area contributed by atoms with Crippen LogP contribution in [-0.4, -0.2) is 18.2 Å². The molecule has 3 aromatic rings. The highest BCUT2D eigenvalue weighted by atomic mass is 19.1. The van der Waals surface area contributed by atoms with Crippen LogP contribution in [0, 0.1) is 5.95 Å². The third-order valence-electron chi connectivity index (χ3n) is 6.44. The van der Waals surface area contributed by atoms with Crippen LogP contribution in [0.15, 0.2) is 48.5 Å². The van der Waals surface area contributed by atoms with Crippen LogP contribution in [-0.2, 0) is 0 Å². The Morgan fingerprint density at radius 2 is 1.23 bits per heavy atom. The van der Waals surface area contributed by atoms with E-state index in [1.54, 1.807) is 6.07 Å². The maximum absolute atomic E-state index is 14.6. The maximum Gasteiger partial charge on any atom is 0.255 e. The van der Waals surface area contributed by atoms with E-state index in [1.807, 2.05) is 30.3 Å². The van der Waals surface area contributed by atoms with Crippen molar-refractivity contribution in [2.45, 2.75) is 90.9 Å². The van der Waals surface area contributed by atoms with Crippen LogP contribution in [0.5, 0.6) is 11.5 Å². The number of ether oxygens (including phenoxy) is 2. The summed E-state index contributed by atoms with van der Waals surface area (Å²) in [5.41, 5.74) is 1.50. The molecule has 2 aromatic carbocycles. The van der Waals surface area contributed by atoms with Gasteiger partial charge in [0, 0.05) is 5.56 Å². The number of aromatic nitrogens is 1. The molecule has 3 nitrogen and oxygen atoms in total. The van der Waals surface area contributed by atoms with Crippen LogP contribution in [0.3, 0.4) is 0 Å². The Morgan fingerprint density at radius 1 is 0.629 bits per heavy atom. The van der Waals surface area contributed by atoms with Gasteiger partial charge in [0.1, 0.15) is 5.75 Å². The number of halogens is 1. The molecule has 0 saturated carbocycles. The second-order valence-corrected chi connectivity index (χ2v) is 9.44. The molecule has 0 spiro atoms. The summed E-state index contributed by atoms with van der Waals surface area (Å²) < 4.78 is 26.1. The zero-order valence-electron chi connectivity index (χ0n) is 21.7. The molecule has 1 heterocycles. The molecule has 0 aliphatic carbocycles. The number of rotatable bonds is 17. The molecule has 0 fully saturated rings. The zero-order chi connectivity index (χ0) is 24.7. The molecule has 4 heteroatoms. The lowest BCUT2D eigenvalue weighted by atomic mass is 10.0. The van der Waals surface area contributed by atoms with Gasteiger partial charge in [0.25, 0.3) is 5.95 Å². The van der Waals surface area contributed by atoms with Crippen LogP contribution in [0.2, 0.25) is 0 Å². The highest BCUT2D eigenvalue weighted by Gasteiger charge is 2.09. The van der Waals surface area contributed by atoms with Gasteiger partial charge in [0.2, 0.25) is 0 Å². The minimum Gasteiger partial charge on any atom is -0.494 e. The number of hydrogen-bond donors (Lipinski definition) is 0. The fourth-order valence-electron chi connectivity index (χ4n) is 4.30. The largest absolute Gasteiger partial charge is 0.494 e. The normalized spacial score (nSPS) is 11.2. The molecule has 3 rings (SSSR count). The van der Waals surface area contributed by atoms with E-state index in [1.165, 1.54) is 57.8 Å². The van der Waals surface area contributed by atoms with Gasteiger partial charge in [-0.2, -0.15) is 4.39 Å². The summed E-state index contributed by atoms with van der Waals surface area (Å²) in [7, 11) is 0. The van der Waals surface area contributed by atoms with Gasteiger partial charge in [-0.25, -0.2) is 4.98 Å². The monoisotopic (exact) mass is 479 g/mol. The van der Waals surface area contributed by atoms with Crippen molar-refractivity contribution in [2.75, 3.05) is 13.2 Å². The van der Waals surface area contributed by atoms with Gasteiger partial charge in [-0.1, -0.05) is 96.3 Å². The van der Waals surface area contributed by atoms with Crippen LogP contribution < -0.4 is 9.47 Å². The van der Waals surface area contributed by atoms with E-state index in [-0.39, 0.29) is 5.75 Å². The molecular weight excluding hydrogens is 437 g/mol. The predicted octanol–water partition coefficient (Wildman–Crippen LogP) is 9.52. The van der Waals surface area contributed by atoms with Crippen LogP contribution in [0.1, 0.15) is 90.9 Å². The molecule has 190 valence electrons. The van der Waals surface area contributed by atoms with E-state index >= 15 is 0 Å². The van der Waals surface area contributed by atoms with Gasteiger partial charge in [-0.3, -0.25) is 0 Å². The summed E-state index contributed by atoms with van der Waals surface area (Å²) in [5, 5.41) is 2.19. The number of unbranched alkanes of at least 4 members (excludes halogenated alkanes) is 10. The van der Waals surface area contributed by atoms with Crippen molar-refractivity contribution in [1.82, 2.24) is 4.98 Å². The molecule has 0 aliphatic heterocycles. The SMILES string of the molecule is CCCCCCCCOc1ccc2cc(-c3ccc(OCCCCCCCC)c(F)n3)ccc2c1. The third kappa shape index (κ3) is 9.16. The number of fused-ring (bicyclic) bond motifs is 1. The Hall–Kier alpha value is -2.62. The lowest BCUT2D eigenvalue weighted by Crippen LogP contribution is -2.01. The maximum atomic E-state index is 14.6. The van der Waals surface area contributed by atoms with Gasteiger partial charge in [0.05, 0.1) is 18.9 Å². The van der Waals surface area contributed by atoms with Gasteiger partial charge >= 0.3 is 0 Å². The molecule has 0 aliphatic rings. The van der Waals surface area contributed by atoms with E-state index in [4.69, 9.17) is 9.47 Å². The van der Waals surface area contributed by atoms with Gasteiger partial charge in [-0.15, -0.1) is 0 Å². The van der Waals surface area contributed by atoms with Crippen molar-refractivity contribution < 1.29 is 13.9 Å². The first kappa shape index (κ1) is 27.0. The lowest BCUT2D eigenvalue weighted by Gasteiger charge is -2.10. The van der Waals surface area contributed by atoms with Crippen molar-refractivity contribution in [3.63, 3.8) is 0 Å². The topological polar surface area (TPSA) is 31.4 Å². The highest BCUT2D eigenvalue weighted by Crippen LogP contribution is 2.28. The highest BCUT2D eigenvalue weighted by molar-refractivity contribution is 5.88. The smallest absolute Gasteiger partial charge is 0.255 e. The fourth-order valence-corrected chi connectivity index (χ4v) is 4.30. The van der Waals surface area contributed by atoms with Crippen molar-refractivity contribution in [1.29, 1.82) is 0 Å². The average molecular weight is 480 g/mol. The van der Waals surface area contributed by atoms with E-state index in [0.717, 1.165) is 48.0 Å². The minimum atomic E-state index is -0.549. The number of nitrogens with zero attached hydrogens (tertiary/aromatic N) is 1. The number of hydrogen-bond acceptors (Lipinski definition) is 3. The molecule has 0 atom stereocenters. The summed E-state index contributed by atoms with van der Waals surface area (Å²) in [6.07, 6.45) is 14.6. The summed E-state index contributed by atoms with van der Waals surface area (Å²) in [6.45, 7) is 5.74. The molecule has 0 unspecified atom stereocenters. The van der Waals surface area contributed by atoms with Crippen LogP contribution in [0.4, 0.5) is 4.39 Å². The van der Waals surface area contributed by atoms with Crippen molar-refractivity contribution in [3.05, 3.63) is 54.5 Å². The summed E-state index contributed by atoms with van der Waals surface area (Å²) in [6, 6.07) is 15.7. The molecule has 1 aromatic heterocycles. The molecule has 0 bridgehead atoms. The predicted molar refractivity (Wildman–Crippen MR) is 145 cm³/mol. The first-order valence-corrected chi connectivity index (χ1v) is 13.7. The Kier molecular flexibility index (Phi) is 11.9. The first-order chi connectivity index (χ1) is 17.2. The molecule has 0 radical (unpaired) electrons. The Morgan fingerprint density at radius 3 is 1.91 bits per heavy atom. The third-order valence-corrected chi connectivity index (χ3v) is 6.44. The molecular formula is C31H42FNO2. The van der Waals surface area contributed by atoms with E-state index in [0.29, 0.717) is 12.3 Å². The molecule has 0 saturated heterocycles. The fraction of sp³-hybridized carbons (Fsp3) is 0.516. The Balaban J connectivity index is 1.51. The second kappa shape index (κ2) is 15.4. The quantitative estimate of drug-likeness (QED) is 0.143. The Bertz CT molecular complexity index is 1020. The summed E-state index contributed by atoms with van der Waals surface area (Å²) in [4.78, 5) is 4.17. The van der Waals surface area contributed by atoms with Gasteiger partial charge in [0.15, 0.2) is 5.75 Å². The summed E-state index contributed by atoms with van der Waals surface area (Å²) >= 11 is 0. The molecule has 35 heavy (non-hydrogen) atoms. The van der Waals surface area contributed by atoms with Crippen LogP contribution in [0.25, 0.3) is 22.0 Å². The number of pyridine rings is 1. The van der Waals surface area contributed by atoms with E-state index in [9.17, 15) is 4.39 Å². The lowest BCUT2D eigenvalue weighted by molar-refractivity contribution is 0.286. The van der Waals surface area contributed by atoms with Gasteiger partial charge < -0.3 is 9.47 Å². The van der Waals surface area contributed by atoms with E-state index in [2.05, 4.69) is 31.0 Å².